The average Bonchev–Trinajstić information content (AvgIpc) is 2.83. The molecular weight excluding hydrogens is 448 g/mol. The monoisotopic (exact) mass is 470 g/mol. The van der Waals surface area contributed by atoms with Crippen molar-refractivity contribution in [3.05, 3.63) is 90.5 Å². The molecule has 0 unspecified atom stereocenters. The number of nitrogens with one attached hydrogen (secondary N) is 2. The molecule has 0 aromatic heterocycles. The third-order valence-electron chi connectivity index (χ3n) is 5.34. The third-order valence-corrected chi connectivity index (χ3v) is 6.73. The van der Waals surface area contributed by atoms with Gasteiger partial charge in [-0.3, -0.25) is 9.52 Å². The van der Waals surface area contributed by atoms with Gasteiger partial charge >= 0.3 is 0 Å². The Bertz CT molecular complexity index is 1520. The minimum absolute atomic E-state index is 0.0393. The number of anilines is 4. The van der Waals surface area contributed by atoms with Gasteiger partial charge in [0, 0.05) is 25.3 Å². The Morgan fingerprint density at radius 2 is 1.56 bits per heavy atom. The molecule has 8 heteroatoms. The summed E-state index contributed by atoms with van der Waals surface area (Å²) in [6, 6.07) is 26.9. The molecule has 4 aromatic carbocycles. The van der Waals surface area contributed by atoms with Gasteiger partial charge in [0.15, 0.2) is 0 Å². The maximum absolute atomic E-state index is 12.8. The number of hydrogen-bond acceptors (Lipinski definition) is 5. The zero-order valence-electron chi connectivity index (χ0n) is 18.6. The van der Waals surface area contributed by atoms with Gasteiger partial charge < -0.3 is 10.2 Å². The molecule has 4 rings (SSSR count). The van der Waals surface area contributed by atoms with Gasteiger partial charge in [-0.05, 0) is 65.4 Å². The number of nitrogens with zero attached hydrogens (tertiary/aromatic N) is 2. The van der Waals surface area contributed by atoms with Crippen LogP contribution in [0.15, 0.2) is 89.8 Å². The molecule has 0 saturated heterocycles. The van der Waals surface area contributed by atoms with E-state index in [0.717, 1.165) is 16.5 Å². The van der Waals surface area contributed by atoms with Crippen molar-refractivity contribution in [3.8, 4) is 6.07 Å². The van der Waals surface area contributed by atoms with E-state index in [-0.39, 0.29) is 16.5 Å². The van der Waals surface area contributed by atoms with Gasteiger partial charge in [0.1, 0.15) is 6.07 Å². The largest absolute Gasteiger partial charge is 0.344 e. The fourth-order valence-corrected chi connectivity index (χ4v) is 4.69. The van der Waals surface area contributed by atoms with Crippen molar-refractivity contribution in [3.63, 3.8) is 0 Å². The van der Waals surface area contributed by atoms with E-state index in [1.165, 1.54) is 37.3 Å². The number of sulfonamides is 1. The molecule has 0 spiro atoms. The van der Waals surface area contributed by atoms with Crippen LogP contribution in [0.1, 0.15) is 12.5 Å². The highest BCUT2D eigenvalue weighted by molar-refractivity contribution is 7.92. The summed E-state index contributed by atoms with van der Waals surface area (Å²) in [5, 5.41) is 14.5. The van der Waals surface area contributed by atoms with Gasteiger partial charge in [-0.15, -0.1) is 0 Å². The third kappa shape index (κ3) is 4.85. The fourth-order valence-electron chi connectivity index (χ4n) is 3.64. The maximum Gasteiger partial charge on any atom is 0.261 e. The van der Waals surface area contributed by atoms with Crippen molar-refractivity contribution >= 4 is 49.5 Å². The first-order chi connectivity index (χ1) is 16.3. The predicted molar refractivity (Wildman–Crippen MR) is 135 cm³/mol. The lowest BCUT2D eigenvalue weighted by Crippen LogP contribution is -2.15. The number of hydrogen-bond donors (Lipinski definition) is 2. The lowest BCUT2D eigenvalue weighted by molar-refractivity contribution is -0.114. The SMILES string of the molecule is CC(=O)Nc1ccc(S(=O)(=O)Nc2ccc(N(C)c3ccc4ccccc4c3)c(C#N)c2)cc1. The zero-order chi connectivity index (χ0) is 24.3. The quantitative estimate of drug-likeness (QED) is 0.401. The molecule has 0 saturated carbocycles. The van der Waals surface area contributed by atoms with Crippen LogP contribution >= 0.6 is 0 Å². The van der Waals surface area contributed by atoms with Crippen LogP contribution < -0.4 is 14.9 Å². The van der Waals surface area contributed by atoms with Crippen LogP contribution in [0.2, 0.25) is 0 Å². The van der Waals surface area contributed by atoms with Crippen molar-refractivity contribution in [1.29, 1.82) is 5.26 Å². The molecule has 0 bridgehead atoms. The fraction of sp³-hybridized carbons (Fsp3) is 0.0769. The van der Waals surface area contributed by atoms with Crippen LogP contribution in [-0.4, -0.2) is 21.4 Å². The number of benzene rings is 4. The van der Waals surface area contributed by atoms with Crippen LogP contribution in [0.5, 0.6) is 0 Å². The normalized spacial score (nSPS) is 11.0. The summed E-state index contributed by atoms with van der Waals surface area (Å²) in [5.74, 6) is -0.244. The van der Waals surface area contributed by atoms with Crippen molar-refractivity contribution in [2.75, 3.05) is 22.0 Å². The highest BCUT2D eigenvalue weighted by atomic mass is 32.2. The summed E-state index contributed by atoms with van der Waals surface area (Å²) in [5.41, 5.74) is 2.66. The van der Waals surface area contributed by atoms with Crippen LogP contribution in [0.25, 0.3) is 10.8 Å². The Hall–Kier alpha value is -4.35. The number of carbonyl (C=O) groups excluding carboxylic acids is 1. The topological polar surface area (TPSA) is 102 Å². The molecule has 2 N–H and O–H groups in total. The van der Waals surface area contributed by atoms with Crippen LogP contribution in [0, 0.1) is 11.3 Å². The van der Waals surface area contributed by atoms with E-state index in [0.29, 0.717) is 16.9 Å². The standard InChI is InChI=1S/C26H22N4O3S/c1-18(31)28-22-8-12-25(13-9-22)34(32,33)29-23-10-14-26(21(15-23)17-27)30(2)24-11-7-19-5-3-4-6-20(19)16-24/h3-16,29H,1-2H3,(H,28,31). The van der Waals surface area contributed by atoms with Crippen molar-refractivity contribution in [2.24, 2.45) is 0 Å². The summed E-state index contributed by atoms with van der Waals surface area (Å²) in [4.78, 5) is 13.1. The molecule has 4 aromatic rings. The Labute approximate surface area is 198 Å². The lowest BCUT2D eigenvalue weighted by Gasteiger charge is -2.22. The summed E-state index contributed by atoms with van der Waals surface area (Å²) < 4.78 is 28.1. The molecular formula is C26H22N4O3S. The van der Waals surface area contributed by atoms with Crippen molar-refractivity contribution in [2.45, 2.75) is 11.8 Å². The summed E-state index contributed by atoms with van der Waals surface area (Å²) >= 11 is 0. The lowest BCUT2D eigenvalue weighted by atomic mass is 10.1. The number of rotatable bonds is 6. The highest BCUT2D eigenvalue weighted by Crippen LogP contribution is 2.31. The van der Waals surface area contributed by atoms with E-state index in [9.17, 15) is 18.5 Å². The molecule has 0 radical (unpaired) electrons. The Morgan fingerprint density at radius 1 is 0.882 bits per heavy atom. The van der Waals surface area contributed by atoms with Gasteiger partial charge in [-0.25, -0.2) is 8.42 Å². The second kappa shape index (κ2) is 9.25. The second-order valence-corrected chi connectivity index (χ2v) is 9.43. The molecule has 0 heterocycles. The van der Waals surface area contributed by atoms with Crippen molar-refractivity contribution < 1.29 is 13.2 Å². The smallest absolute Gasteiger partial charge is 0.261 e. The van der Waals surface area contributed by atoms with E-state index in [2.05, 4.69) is 16.1 Å². The molecule has 0 aliphatic rings. The molecule has 0 aliphatic carbocycles. The van der Waals surface area contributed by atoms with E-state index in [1.54, 1.807) is 12.1 Å². The van der Waals surface area contributed by atoms with Gasteiger partial charge in [0.2, 0.25) is 5.91 Å². The minimum atomic E-state index is -3.88. The van der Waals surface area contributed by atoms with Crippen molar-refractivity contribution in [1.82, 2.24) is 0 Å². The first-order valence-corrected chi connectivity index (χ1v) is 11.9. The second-order valence-electron chi connectivity index (χ2n) is 7.75. The van der Waals surface area contributed by atoms with E-state index in [1.807, 2.05) is 54.4 Å². The molecule has 0 fully saturated rings. The Kier molecular flexibility index (Phi) is 6.21. The first kappa shape index (κ1) is 22.8. The Morgan fingerprint density at radius 3 is 2.24 bits per heavy atom. The van der Waals surface area contributed by atoms with Gasteiger partial charge in [-0.2, -0.15) is 5.26 Å². The molecule has 1 amide bonds. The average molecular weight is 471 g/mol. The number of fused-ring (bicyclic) bond motifs is 1. The zero-order valence-corrected chi connectivity index (χ0v) is 19.4. The van der Waals surface area contributed by atoms with Crippen LogP contribution in [-0.2, 0) is 14.8 Å². The number of amides is 1. The van der Waals surface area contributed by atoms with Crippen LogP contribution in [0.4, 0.5) is 22.7 Å². The van der Waals surface area contributed by atoms with Gasteiger partial charge in [-0.1, -0.05) is 30.3 Å². The number of carbonyl (C=O) groups is 1. The summed E-state index contributed by atoms with van der Waals surface area (Å²) in [6.07, 6.45) is 0. The molecule has 34 heavy (non-hydrogen) atoms. The molecule has 7 nitrogen and oxygen atoms in total. The molecule has 0 atom stereocenters. The van der Waals surface area contributed by atoms with E-state index in [4.69, 9.17) is 0 Å². The molecule has 170 valence electrons. The van der Waals surface area contributed by atoms with Gasteiger partial charge in [0.25, 0.3) is 10.0 Å². The minimum Gasteiger partial charge on any atom is -0.344 e. The van der Waals surface area contributed by atoms with Crippen LogP contribution in [0.3, 0.4) is 0 Å². The first-order valence-electron chi connectivity index (χ1n) is 10.4. The summed E-state index contributed by atoms with van der Waals surface area (Å²) in [7, 11) is -2.02. The highest BCUT2D eigenvalue weighted by Gasteiger charge is 2.17. The van der Waals surface area contributed by atoms with E-state index >= 15 is 0 Å². The molecule has 0 aliphatic heterocycles. The summed E-state index contributed by atoms with van der Waals surface area (Å²) in [6.45, 7) is 1.38. The van der Waals surface area contributed by atoms with Gasteiger partial charge in [0.05, 0.1) is 21.8 Å². The maximum atomic E-state index is 12.8. The predicted octanol–water partition coefficient (Wildman–Crippen LogP) is 5.24. The Balaban J connectivity index is 1.59. The number of nitriles is 1. The van der Waals surface area contributed by atoms with E-state index < -0.39 is 10.0 Å².